The van der Waals surface area contributed by atoms with Gasteiger partial charge >= 0.3 is 0 Å². The molecule has 2 atom stereocenters. The van der Waals surface area contributed by atoms with Crippen LogP contribution in [0, 0.1) is 0 Å². The average Bonchev–Trinajstić information content (AvgIpc) is 2.49. The van der Waals surface area contributed by atoms with Crippen LogP contribution in [0.3, 0.4) is 0 Å². The number of hydrogen-bond acceptors (Lipinski definition) is 4. The maximum Gasteiger partial charge on any atom is 0.243 e. The highest BCUT2D eigenvalue weighted by Crippen LogP contribution is 2.21. The van der Waals surface area contributed by atoms with Crippen molar-refractivity contribution in [2.75, 3.05) is 25.4 Å². The lowest BCUT2D eigenvalue weighted by atomic mass is 10.1. The van der Waals surface area contributed by atoms with E-state index in [-0.39, 0.29) is 23.7 Å². The summed E-state index contributed by atoms with van der Waals surface area (Å²) in [4.78, 5) is 11.4. The van der Waals surface area contributed by atoms with Crippen LogP contribution in [0.2, 0.25) is 0 Å². The number of nitrogens with zero attached hydrogens (tertiary/aromatic N) is 1. The Labute approximate surface area is 147 Å². The summed E-state index contributed by atoms with van der Waals surface area (Å²) in [7, 11) is -4.19. The first-order valence-electron chi connectivity index (χ1n) is 8.82. The summed E-state index contributed by atoms with van der Waals surface area (Å²) in [6, 6.07) is 0.119. The Balaban J connectivity index is 5.03. The van der Waals surface area contributed by atoms with Crippen LogP contribution in [0.5, 0.6) is 0 Å². The second-order valence-corrected chi connectivity index (χ2v) is 8.21. The molecule has 0 rings (SSSR count). The molecule has 142 valence electrons. The predicted molar refractivity (Wildman–Crippen MR) is 96.5 cm³/mol. The minimum Gasteiger partial charge on any atom is -0.748 e. The third-order valence-corrected chi connectivity index (χ3v) is 5.38. The quantitative estimate of drug-likeness (QED) is 0.308. The van der Waals surface area contributed by atoms with Crippen molar-refractivity contribution in [3.63, 3.8) is 0 Å². The number of rotatable bonds is 13. The molecule has 24 heavy (non-hydrogen) atoms. The Morgan fingerprint density at radius 1 is 1.17 bits per heavy atom. The Hall–Kier alpha value is -0.920. The smallest absolute Gasteiger partial charge is 0.243 e. The van der Waals surface area contributed by atoms with Crippen molar-refractivity contribution >= 4 is 16.0 Å². The molecule has 6 nitrogen and oxygen atoms in total. The molecule has 0 saturated heterocycles. The molecule has 0 saturated carbocycles. The number of nitrogens with one attached hydrogen (secondary N) is 1. The van der Waals surface area contributed by atoms with Crippen LogP contribution < -0.4 is 5.32 Å². The van der Waals surface area contributed by atoms with Gasteiger partial charge in [-0.2, -0.15) is 0 Å². The van der Waals surface area contributed by atoms with Crippen molar-refractivity contribution in [1.82, 2.24) is 5.32 Å². The van der Waals surface area contributed by atoms with Crippen LogP contribution in [0.25, 0.3) is 0 Å². The van der Waals surface area contributed by atoms with Crippen molar-refractivity contribution in [1.29, 1.82) is 0 Å². The number of carbonyl (C=O) groups excluding carboxylic acids is 1. The molecule has 2 unspecified atom stereocenters. The van der Waals surface area contributed by atoms with E-state index >= 15 is 0 Å². The molecule has 7 heteroatoms. The zero-order valence-corrected chi connectivity index (χ0v) is 16.4. The Kier molecular flexibility index (Phi) is 10.4. The lowest BCUT2D eigenvalue weighted by Crippen LogP contribution is -2.57. The molecular formula is C17H34N2O4S. The Morgan fingerprint density at radius 2 is 1.71 bits per heavy atom. The highest BCUT2D eigenvalue weighted by molar-refractivity contribution is 7.85. The van der Waals surface area contributed by atoms with Gasteiger partial charge in [0.15, 0.2) is 0 Å². The summed E-state index contributed by atoms with van der Waals surface area (Å²) < 4.78 is 33.7. The Bertz CT molecular complexity index is 485. The summed E-state index contributed by atoms with van der Waals surface area (Å²) in [6.07, 6.45) is 4.41. The van der Waals surface area contributed by atoms with E-state index in [1.54, 1.807) is 0 Å². The largest absolute Gasteiger partial charge is 0.748 e. The molecule has 1 N–H and O–H groups in total. The standard InChI is InChI=1S/C17H34N2O4S/c1-6-11-19(12-7-2,16(5)10-14-24(21,22)23)13-9-15(4)18-17(20)8-3/h8,15-16H,3,6-7,9-14H2,1-2,4-5H3,(H-,18,20,21,22,23). The number of carbonyl (C=O) groups is 1. The van der Waals surface area contributed by atoms with E-state index in [0.717, 1.165) is 43.4 Å². The van der Waals surface area contributed by atoms with E-state index in [1.807, 2.05) is 13.8 Å². The number of hydrogen-bond donors (Lipinski definition) is 1. The molecule has 0 fully saturated rings. The molecule has 0 aromatic carbocycles. The van der Waals surface area contributed by atoms with Crippen LogP contribution in [-0.2, 0) is 14.9 Å². The van der Waals surface area contributed by atoms with Crippen molar-refractivity contribution < 1.29 is 22.2 Å². The second-order valence-electron chi connectivity index (χ2n) is 6.69. The highest BCUT2D eigenvalue weighted by Gasteiger charge is 2.32. The predicted octanol–water partition coefficient (Wildman–Crippen LogP) is 2.03. The fourth-order valence-corrected chi connectivity index (χ4v) is 3.93. The summed E-state index contributed by atoms with van der Waals surface area (Å²) in [6.45, 7) is 14.4. The maximum absolute atomic E-state index is 11.4. The van der Waals surface area contributed by atoms with E-state index in [2.05, 4.69) is 25.7 Å². The third-order valence-electron chi connectivity index (χ3n) is 4.64. The molecule has 0 aliphatic rings. The minimum atomic E-state index is -4.19. The van der Waals surface area contributed by atoms with E-state index in [1.165, 1.54) is 6.08 Å². The van der Waals surface area contributed by atoms with Gasteiger partial charge in [0.1, 0.15) is 0 Å². The maximum atomic E-state index is 11.4. The SMILES string of the molecule is C=CC(=O)NC(C)CC[N+](CCC)(CCC)C(C)CCS(=O)(=O)[O-]. The van der Waals surface area contributed by atoms with Crippen molar-refractivity contribution in [3.8, 4) is 0 Å². The molecule has 0 bridgehead atoms. The topological polar surface area (TPSA) is 86.3 Å². The van der Waals surface area contributed by atoms with E-state index in [9.17, 15) is 17.8 Å². The molecule has 0 aliphatic carbocycles. The van der Waals surface area contributed by atoms with Gasteiger partial charge < -0.3 is 14.4 Å². The third kappa shape index (κ3) is 8.80. The van der Waals surface area contributed by atoms with Gasteiger partial charge in [-0.05, 0) is 32.8 Å². The van der Waals surface area contributed by atoms with Crippen LogP contribution in [0.4, 0.5) is 0 Å². The molecule has 0 aliphatic heterocycles. The van der Waals surface area contributed by atoms with Gasteiger partial charge in [-0.25, -0.2) is 8.42 Å². The van der Waals surface area contributed by atoms with Crippen LogP contribution >= 0.6 is 0 Å². The highest BCUT2D eigenvalue weighted by atomic mass is 32.2. The minimum absolute atomic E-state index is 0.0251. The van der Waals surface area contributed by atoms with Gasteiger partial charge in [-0.3, -0.25) is 4.79 Å². The van der Waals surface area contributed by atoms with Crippen LogP contribution in [0.15, 0.2) is 12.7 Å². The first-order valence-corrected chi connectivity index (χ1v) is 10.4. The number of amides is 1. The van der Waals surface area contributed by atoms with E-state index in [0.29, 0.717) is 6.42 Å². The van der Waals surface area contributed by atoms with E-state index in [4.69, 9.17) is 0 Å². The molecule has 0 aromatic heterocycles. The van der Waals surface area contributed by atoms with Crippen molar-refractivity contribution in [3.05, 3.63) is 12.7 Å². The molecule has 1 amide bonds. The summed E-state index contributed by atoms with van der Waals surface area (Å²) in [5, 5.41) is 2.87. The molecule has 0 radical (unpaired) electrons. The molecular weight excluding hydrogens is 328 g/mol. The molecule has 0 aromatic rings. The summed E-state index contributed by atoms with van der Waals surface area (Å²) in [5.41, 5.74) is 0. The summed E-state index contributed by atoms with van der Waals surface area (Å²) >= 11 is 0. The van der Waals surface area contributed by atoms with Gasteiger partial charge in [-0.1, -0.05) is 20.4 Å². The number of quaternary nitrogens is 1. The monoisotopic (exact) mass is 362 g/mol. The zero-order chi connectivity index (χ0) is 18.8. The fourth-order valence-electron chi connectivity index (χ4n) is 3.30. The van der Waals surface area contributed by atoms with Gasteiger partial charge in [0.25, 0.3) is 0 Å². The fraction of sp³-hybridized carbons (Fsp3) is 0.824. The molecule has 0 heterocycles. The first-order chi connectivity index (χ1) is 11.1. The van der Waals surface area contributed by atoms with E-state index < -0.39 is 10.1 Å². The van der Waals surface area contributed by atoms with Crippen molar-refractivity contribution in [2.24, 2.45) is 0 Å². The summed E-state index contributed by atoms with van der Waals surface area (Å²) in [5.74, 6) is -0.498. The lowest BCUT2D eigenvalue weighted by molar-refractivity contribution is -0.950. The molecule has 0 spiro atoms. The second kappa shape index (κ2) is 10.8. The van der Waals surface area contributed by atoms with Crippen LogP contribution in [0.1, 0.15) is 53.4 Å². The normalized spacial score (nSPS) is 14.9. The average molecular weight is 363 g/mol. The van der Waals surface area contributed by atoms with Gasteiger partial charge in [-0.15, -0.1) is 0 Å². The zero-order valence-electron chi connectivity index (χ0n) is 15.6. The van der Waals surface area contributed by atoms with Gasteiger partial charge in [0.2, 0.25) is 5.91 Å². The lowest BCUT2D eigenvalue weighted by Gasteiger charge is -2.44. The Morgan fingerprint density at radius 3 is 2.12 bits per heavy atom. The van der Waals surface area contributed by atoms with Gasteiger partial charge in [0.05, 0.1) is 35.8 Å². The van der Waals surface area contributed by atoms with Crippen LogP contribution in [-0.4, -0.2) is 60.8 Å². The first kappa shape index (κ1) is 23.1. The van der Waals surface area contributed by atoms with Crippen molar-refractivity contribution in [2.45, 2.75) is 65.5 Å². The van der Waals surface area contributed by atoms with Gasteiger partial charge in [0, 0.05) is 24.6 Å².